The van der Waals surface area contributed by atoms with Gasteiger partial charge in [-0.25, -0.2) is 9.97 Å². The van der Waals surface area contributed by atoms with E-state index in [0.717, 1.165) is 0 Å². The Kier molecular flexibility index (Phi) is 6.66. The van der Waals surface area contributed by atoms with Crippen molar-refractivity contribution in [3.05, 3.63) is 89.2 Å². The fraction of sp³-hybridized carbons (Fsp3) is 0.0476. The summed E-state index contributed by atoms with van der Waals surface area (Å²) < 4.78 is 38.8. The molecule has 0 bridgehead atoms. The van der Waals surface area contributed by atoms with Crippen molar-refractivity contribution in [3.63, 3.8) is 0 Å². The molecule has 6 nitrogen and oxygen atoms in total. The van der Waals surface area contributed by atoms with E-state index in [1.807, 2.05) is 0 Å². The predicted octanol–water partition coefficient (Wildman–Crippen LogP) is 5.42. The summed E-state index contributed by atoms with van der Waals surface area (Å²) in [7, 11) is 0. The minimum atomic E-state index is -4.82. The van der Waals surface area contributed by atoms with Crippen LogP contribution in [0.5, 0.6) is 0 Å². The smallest absolute Gasteiger partial charge is 0.354 e. The largest absolute Gasteiger partial charge is 0.432 e. The van der Waals surface area contributed by atoms with Gasteiger partial charge >= 0.3 is 6.18 Å². The van der Waals surface area contributed by atoms with E-state index in [4.69, 9.17) is 17.0 Å². The Bertz CT molecular complexity index is 1120. The summed E-state index contributed by atoms with van der Waals surface area (Å²) in [6.45, 7) is 0. The van der Waals surface area contributed by atoms with E-state index in [2.05, 4.69) is 20.6 Å². The van der Waals surface area contributed by atoms with Gasteiger partial charge in [0.15, 0.2) is 0 Å². The fourth-order valence-electron chi connectivity index (χ4n) is 2.46. The first-order chi connectivity index (χ1) is 14.7. The number of halogens is 4. The molecule has 0 spiro atoms. The number of benzene rings is 2. The molecule has 0 aliphatic heterocycles. The maximum atomic E-state index is 12.9. The van der Waals surface area contributed by atoms with E-state index < -0.39 is 17.8 Å². The van der Waals surface area contributed by atoms with Crippen LogP contribution in [0, 0.1) is 5.41 Å². The van der Waals surface area contributed by atoms with Crippen molar-refractivity contribution in [1.82, 2.24) is 9.97 Å². The molecule has 1 amide bonds. The number of carbonyl (C=O) groups excluding carboxylic acids is 1. The molecule has 0 fully saturated rings. The van der Waals surface area contributed by atoms with Crippen molar-refractivity contribution in [2.45, 2.75) is 6.18 Å². The summed E-state index contributed by atoms with van der Waals surface area (Å²) in [5.41, 5.74) is -0.604. The molecule has 0 aliphatic carbocycles. The third-order valence-corrected chi connectivity index (χ3v) is 4.32. The topological polar surface area (TPSA) is 90.8 Å². The number of hydrogen-bond donors (Lipinski definition) is 3. The number of rotatable bonds is 6. The van der Waals surface area contributed by atoms with Crippen molar-refractivity contribution in [1.29, 1.82) is 5.41 Å². The molecular weight excluding hydrogens is 431 g/mol. The monoisotopic (exact) mass is 445 g/mol. The van der Waals surface area contributed by atoms with Crippen molar-refractivity contribution >= 4 is 40.6 Å². The predicted molar refractivity (Wildman–Crippen MR) is 113 cm³/mol. The fourth-order valence-corrected chi connectivity index (χ4v) is 2.65. The van der Waals surface area contributed by atoms with Gasteiger partial charge < -0.3 is 5.32 Å². The molecule has 0 aliphatic rings. The lowest BCUT2D eigenvalue weighted by atomic mass is 10.1. The SMILES string of the molecule is N=C(/C=C(\Nc1ccccc1Cl)c1ccc(C(=O)Nc2ncccn2)cc1)C(F)(F)F. The van der Waals surface area contributed by atoms with Gasteiger partial charge in [0.2, 0.25) is 5.95 Å². The average Bonchev–Trinajstić information content (AvgIpc) is 2.75. The summed E-state index contributed by atoms with van der Waals surface area (Å²) in [6.07, 6.45) is -1.21. The number of nitrogens with one attached hydrogen (secondary N) is 3. The quantitative estimate of drug-likeness (QED) is 0.442. The number of para-hydroxylation sites is 1. The molecular formula is C21H15ClF3N5O. The van der Waals surface area contributed by atoms with Crippen LogP contribution in [0.25, 0.3) is 5.70 Å². The normalized spacial score (nSPS) is 11.7. The zero-order chi connectivity index (χ0) is 22.4. The van der Waals surface area contributed by atoms with Gasteiger partial charge in [-0.1, -0.05) is 35.9 Å². The van der Waals surface area contributed by atoms with E-state index >= 15 is 0 Å². The van der Waals surface area contributed by atoms with Crippen molar-refractivity contribution in [2.75, 3.05) is 10.6 Å². The van der Waals surface area contributed by atoms with Crippen molar-refractivity contribution in [3.8, 4) is 0 Å². The highest BCUT2D eigenvalue weighted by Gasteiger charge is 2.33. The van der Waals surface area contributed by atoms with E-state index in [1.54, 1.807) is 30.3 Å². The Morgan fingerprint density at radius 1 is 0.935 bits per heavy atom. The summed E-state index contributed by atoms with van der Waals surface area (Å²) >= 11 is 6.10. The number of amides is 1. The zero-order valence-electron chi connectivity index (χ0n) is 15.7. The molecule has 1 aromatic heterocycles. The first-order valence-electron chi connectivity index (χ1n) is 8.82. The number of anilines is 2. The van der Waals surface area contributed by atoms with Gasteiger partial charge in [0, 0.05) is 23.7 Å². The second kappa shape index (κ2) is 9.40. The van der Waals surface area contributed by atoms with Gasteiger partial charge in [0.25, 0.3) is 5.91 Å². The van der Waals surface area contributed by atoms with E-state index in [0.29, 0.717) is 22.3 Å². The third kappa shape index (κ3) is 5.89. The lowest BCUT2D eigenvalue weighted by molar-refractivity contribution is -0.0583. The maximum absolute atomic E-state index is 12.9. The Morgan fingerprint density at radius 3 is 2.16 bits per heavy atom. The highest BCUT2D eigenvalue weighted by molar-refractivity contribution is 6.33. The molecule has 10 heteroatoms. The second-order valence-electron chi connectivity index (χ2n) is 6.18. The molecule has 0 unspecified atom stereocenters. The Hall–Kier alpha value is -3.72. The van der Waals surface area contributed by atoms with Gasteiger partial charge in [0.05, 0.1) is 10.7 Å². The molecule has 0 saturated carbocycles. The van der Waals surface area contributed by atoms with Gasteiger partial charge in [-0.3, -0.25) is 15.5 Å². The van der Waals surface area contributed by atoms with E-state index in [-0.39, 0.29) is 17.2 Å². The molecule has 3 N–H and O–H groups in total. The maximum Gasteiger partial charge on any atom is 0.432 e. The molecule has 3 aromatic rings. The van der Waals surface area contributed by atoms with Crippen molar-refractivity contribution < 1.29 is 18.0 Å². The molecule has 0 atom stereocenters. The Balaban J connectivity index is 1.88. The first kappa shape index (κ1) is 22.0. The number of allylic oxidation sites excluding steroid dienone is 1. The van der Waals surface area contributed by atoms with Gasteiger partial charge in [-0.15, -0.1) is 0 Å². The molecule has 1 heterocycles. The Morgan fingerprint density at radius 2 is 1.55 bits per heavy atom. The van der Waals surface area contributed by atoms with Crippen molar-refractivity contribution in [2.24, 2.45) is 0 Å². The lowest BCUT2D eigenvalue weighted by Gasteiger charge is -2.15. The van der Waals surface area contributed by atoms with Crippen LogP contribution in [0.1, 0.15) is 15.9 Å². The van der Waals surface area contributed by atoms with Gasteiger partial charge in [-0.05, 0) is 42.0 Å². The number of carbonyl (C=O) groups is 1. The minimum Gasteiger partial charge on any atom is -0.354 e. The highest BCUT2D eigenvalue weighted by Crippen LogP contribution is 2.27. The number of nitrogens with zero attached hydrogens (tertiary/aromatic N) is 2. The Labute approximate surface area is 180 Å². The minimum absolute atomic E-state index is 0.00576. The van der Waals surface area contributed by atoms with Gasteiger partial charge in [0.1, 0.15) is 5.71 Å². The van der Waals surface area contributed by atoms with Crippen LogP contribution in [0.15, 0.2) is 73.1 Å². The van der Waals surface area contributed by atoms with Crippen LogP contribution in [-0.4, -0.2) is 27.8 Å². The third-order valence-electron chi connectivity index (χ3n) is 3.99. The van der Waals surface area contributed by atoms with Crippen LogP contribution in [0.3, 0.4) is 0 Å². The average molecular weight is 446 g/mol. The van der Waals surface area contributed by atoms with E-state index in [1.165, 1.54) is 36.7 Å². The van der Waals surface area contributed by atoms with Crippen LogP contribution >= 0.6 is 11.6 Å². The number of hydrogen-bond acceptors (Lipinski definition) is 5. The molecule has 31 heavy (non-hydrogen) atoms. The highest BCUT2D eigenvalue weighted by atomic mass is 35.5. The summed E-state index contributed by atoms with van der Waals surface area (Å²) in [6, 6.07) is 13.9. The second-order valence-corrected chi connectivity index (χ2v) is 6.59. The first-order valence-corrected chi connectivity index (χ1v) is 9.19. The lowest BCUT2D eigenvalue weighted by Crippen LogP contribution is -2.20. The summed E-state index contributed by atoms with van der Waals surface area (Å²) in [5.74, 6) is -0.360. The van der Waals surface area contributed by atoms with Crippen LogP contribution < -0.4 is 10.6 Å². The molecule has 0 saturated heterocycles. The van der Waals surface area contributed by atoms with Crippen LogP contribution in [-0.2, 0) is 0 Å². The van der Waals surface area contributed by atoms with Gasteiger partial charge in [-0.2, -0.15) is 13.2 Å². The molecule has 3 rings (SSSR count). The molecule has 0 radical (unpaired) electrons. The summed E-state index contributed by atoms with van der Waals surface area (Å²) in [5, 5.41) is 13.0. The van der Waals surface area contributed by atoms with E-state index in [9.17, 15) is 18.0 Å². The molecule has 2 aromatic carbocycles. The zero-order valence-corrected chi connectivity index (χ0v) is 16.5. The number of alkyl halides is 3. The standard InChI is InChI=1S/C21H15ClF3N5O/c22-15-4-1-2-5-16(15)29-17(12-18(26)21(23,24)25)13-6-8-14(9-7-13)19(31)30-20-27-10-3-11-28-20/h1-12,26,29H,(H,27,28,30,31)/b17-12-,26-18?. The number of aromatic nitrogens is 2. The van der Waals surface area contributed by atoms with Crippen LogP contribution in [0.2, 0.25) is 5.02 Å². The summed E-state index contributed by atoms with van der Waals surface area (Å²) in [4.78, 5) is 20.1. The van der Waals surface area contributed by atoms with Crippen LogP contribution in [0.4, 0.5) is 24.8 Å². The molecule has 158 valence electrons.